The maximum absolute atomic E-state index is 12.9. The van der Waals surface area contributed by atoms with Gasteiger partial charge in [-0.2, -0.15) is 8.78 Å². The number of rotatable bonds is 6. The smallest absolute Gasteiger partial charge is 0.387 e. The summed E-state index contributed by atoms with van der Waals surface area (Å²) in [7, 11) is 1.40. The van der Waals surface area contributed by atoms with Crippen molar-refractivity contribution in [3.8, 4) is 17.2 Å². The molecule has 1 saturated carbocycles. The van der Waals surface area contributed by atoms with E-state index in [2.05, 4.69) is 10.1 Å². The van der Waals surface area contributed by atoms with Gasteiger partial charge in [0.05, 0.1) is 12.8 Å². The molecule has 1 heterocycles. The number of carbonyl (C=O) groups is 1. The summed E-state index contributed by atoms with van der Waals surface area (Å²) >= 11 is 0. The summed E-state index contributed by atoms with van der Waals surface area (Å²) in [6.07, 6.45) is 1.78. The van der Waals surface area contributed by atoms with Gasteiger partial charge >= 0.3 is 6.61 Å². The van der Waals surface area contributed by atoms with Gasteiger partial charge in [0.2, 0.25) is 0 Å². The maximum atomic E-state index is 12.9. The van der Waals surface area contributed by atoms with Gasteiger partial charge in [-0.3, -0.25) is 4.79 Å². The van der Waals surface area contributed by atoms with Crippen LogP contribution in [0.25, 0.3) is 5.69 Å². The lowest BCUT2D eigenvalue weighted by Crippen LogP contribution is -2.27. The van der Waals surface area contributed by atoms with Gasteiger partial charge in [0.25, 0.3) is 5.91 Å². The van der Waals surface area contributed by atoms with Gasteiger partial charge in [0.1, 0.15) is 17.1 Å². The summed E-state index contributed by atoms with van der Waals surface area (Å²) in [5.41, 5.74) is 2.44. The molecule has 0 spiro atoms. The summed E-state index contributed by atoms with van der Waals surface area (Å²) in [5.74, 6) is -0.476. The second-order valence-corrected chi connectivity index (χ2v) is 6.10. The second kappa shape index (κ2) is 6.74. The van der Waals surface area contributed by atoms with E-state index in [1.807, 2.05) is 30.5 Å². The first-order valence-electron chi connectivity index (χ1n) is 8.03. The molecule has 2 aromatic rings. The van der Waals surface area contributed by atoms with Crippen LogP contribution in [0.5, 0.6) is 11.5 Å². The number of hydrogen-bond donors (Lipinski definition) is 1. The molecule has 1 aromatic heterocycles. The van der Waals surface area contributed by atoms with Crippen molar-refractivity contribution in [1.29, 1.82) is 0 Å². The molecule has 1 aliphatic rings. The first kappa shape index (κ1) is 17.3. The number of methoxy groups -OCH3 is 1. The van der Waals surface area contributed by atoms with E-state index in [-0.39, 0.29) is 23.1 Å². The molecule has 1 N–H and O–H groups in total. The molecular weight excluding hydrogens is 330 g/mol. The van der Waals surface area contributed by atoms with Gasteiger partial charge in [-0.1, -0.05) is 0 Å². The molecule has 0 radical (unpaired) electrons. The Bertz CT molecular complexity index is 778. The average Bonchev–Trinajstić information content (AvgIpc) is 3.29. The Balaban J connectivity index is 2.12. The number of benzene rings is 1. The summed E-state index contributed by atoms with van der Waals surface area (Å²) < 4.78 is 37.6. The molecule has 0 saturated heterocycles. The minimum atomic E-state index is -3.04. The fraction of sp³-hybridized carbons (Fsp3) is 0.389. The van der Waals surface area contributed by atoms with Crippen LogP contribution < -0.4 is 14.8 Å². The molecule has 1 fully saturated rings. The highest BCUT2D eigenvalue weighted by Gasteiger charge is 2.29. The fourth-order valence-electron chi connectivity index (χ4n) is 2.84. The summed E-state index contributed by atoms with van der Waals surface area (Å²) in [4.78, 5) is 12.5. The molecule has 5 nitrogen and oxygen atoms in total. The first-order chi connectivity index (χ1) is 11.9. The van der Waals surface area contributed by atoms with Crippen LogP contribution in [0.4, 0.5) is 8.78 Å². The van der Waals surface area contributed by atoms with Crippen molar-refractivity contribution < 1.29 is 23.0 Å². The van der Waals surface area contributed by atoms with Crippen LogP contribution in [-0.4, -0.2) is 30.2 Å². The number of nitrogens with one attached hydrogen (secondary N) is 1. The van der Waals surface area contributed by atoms with Gasteiger partial charge in [-0.15, -0.1) is 0 Å². The van der Waals surface area contributed by atoms with Gasteiger partial charge in [-0.25, -0.2) is 0 Å². The number of amides is 1. The third-order valence-corrected chi connectivity index (χ3v) is 4.16. The van der Waals surface area contributed by atoms with E-state index in [0.717, 1.165) is 24.2 Å². The van der Waals surface area contributed by atoms with E-state index >= 15 is 0 Å². The number of ether oxygens (including phenoxy) is 2. The van der Waals surface area contributed by atoms with E-state index < -0.39 is 12.5 Å². The lowest BCUT2D eigenvalue weighted by Gasteiger charge is -2.18. The highest BCUT2D eigenvalue weighted by Crippen LogP contribution is 2.35. The molecule has 0 bridgehead atoms. The summed E-state index contributed by atoms with van der Waals surface area (Å²) in [6.45, 7) is 0.765. The number of alkyl halides is 2. The molecular formula is C18H20F2N2O3. The summed E-state index contributed by atoms with van der Waals surface area (Å²) in [6, 6.07) is 7.02. The molecule has 1 amide bonds. The first-order valence-corrected chi connectivity index (χ1v) is 8.03. The van der Waals surface area contributed by atoms with Crippen LogP contribution in [0, 0.1) is 13.8 Å². The van der Waals surface area contributed by atoms with E-state index in [0.29, 0.717) is 5.69 Å². The van der Waals surface area contributed by atoms with Crippen LogP contribution in [0.15, 0.2) is 24.3 Å². The molecule has 7 heteroatoms. The normalized spacial score (nSPS) is 13.8. The zero-order valence-corrected chi connectivity index (χ0v) is 14.3. The molecule has 1 aliphatic carbocycles. The predicted molar refractivity (Wildman–Crippen MR) is 88.9 cm³/mol. The average molecular weight is 350 g/mol. The van der Waals surface area contributed by atoms with Crippen molar-refractivity contribution in [2.45, 2.75) is 39.3 Å². The lowest BCUT2D eigenvalue weighted by atomic mass is 10.1. The monoisotopic (exact) mass is 350 g/mol. The lowest BCUT2D eigenvalue weighted by molar-refractivity contribution is -0.0502. The number of halogens is 2. The SMILES string of the molecule is COc1cc(-n2c(C)ccc2C)cc(OC(F)F)c1C(=O)NC1CC1. The predicted octanol–water partition coefficient (Wildman–Crippen LogP) is 3.60. The fourth-order valence-corrected chi connectivity index (χ4v) is 2.84. The number of nitrogens with zero attached hydrogens (tertiary/aromatic N) is 1. The number of hydrogen-bond acceptors (Lipinski definition) is 3. The number of aromatic nitrogens is 1. The molecule has 134 valence electrons. The molecule has 0 unspecified atom stereocenters. The summed E-state index contributed by atoms with van der Waals surface area (Å²) in [5, 5.41) is 2.78. The third-order valence-electron chi connectivity index (χ3n) is 4.16. The van der Waals surface area contributed by atoms with Crippen LogP contribution >= 0.6 is 0 Å². The zero-order chi connectivity index (χ0) is 18.1. The van der Waals surface area contributed by atoms with Gasteiger partial charge in [0.15, 0.2) is 0 Å². The van der Waals surface area contributed by atoms with Crippen LogP contribution in [0.2, 0.25) is 0 Å². The Kier molecular flexibility index (Phi) is 4.65. The van der Waals surface area contributed by atoms with E-state index in [1.54, 1.807) is 6.07 Å². The zero-order valence-electron chi connectivity index (χ0n) is 14.3. The third kappa shape index (κ3) is 3.60. The molecule has 1 aromatic carbocycles. The van der Waals surface area contributed by atoms with Crippen LogP contribution in [0.1, 0.15) is 34.6 Å². The Labute approximate surface area is 144 Å². The minimum absolute atomic E-state index is 0.0130. The van der Waals surface area contributed by atoms with Gasteiger partial charge < -0.3 is 19.4 Å². The maximum Gasteiger partial charge on any atom is 0.387 e. The Morgan fingerprint density at radius 2 is 1.80 bits per heavy atom. The van der Waals surface area contributed by atoms with Gasteiger partial charge in [-0.05, 0) is 38.8 Å². The largest absolute Gasteiger partial charge is 0.496 e. The topological polar surface area (TPSA) is 52.5 Å². The highest BCUT2D eigenvalue weighted by molar-refractivity contribution is 6.00. The Morgan fingerprint density at radius 1 is 1.20 bits per heavy atom. The molecule has 3 rings (SSSR count). The Hall–Kier alpha value is -2.57. The number of carbonyl (C=O) groups excluding carboxylic acids is 1. The van der Waals surface area contributed by atoms with Crippen molar-refractivity contribution in [2.24, 2.45) is 0 Å². The quantitative estimate of drug-likeness (QED) is 0.866. The van der Waals surface area contributed by atoms with E-state index in [1.165, 1.54) is 13.2 Å². The van der Waals surface area contributed by atoms with Crippen molar-refractivity contribution in [1.82, 2.24) is 9.88 Å². The molecule has 25 heavy (non-hydrogen) atoms. The van der Waals surface area contributed by atoms with Crippen LogP contribution in [0.3, 0.4) is 0 Å². The minimum Gasteiger partial charge on any atom is -0.496 e. The van der Waals surface area contributed by atoms with Crippen molar-refractivity contribution in [3.05, 3.63) is 41.2 Å². The second-order valence-electron chi connectivity index (χ2n) is 6.10. The van der Waals surface area contributed by atoms with E-state index in [9.17, 15) is 13.6 Å². The molecule has 0 aliphatic heterocycles. The Morgan fingerprint density at radius 3 is 2.32 bits per heavy atom. The highest BCUT2D eigenvalue weighted by atomic mass is 19.3. The van der Waals surface area contributed by atoms with Gasteiger partial charge in [0, 0.05) is 29.6 Å². The van der Waals surface area contributed by atoms with Crippen molar-refractivity contribution >= 4 is 5.91 Å². The van der Waals surface area contributed by atoms with Crippen LogP contribution in [-0.2, 0) is 0 Å². The number of aryl methyl sites for hydroxylation is 2. The standard InChI is InChI=1S/C18H20F2N2O3/c1-10-4-5-11(2)22(10)13-8-14(24-3)16(15(9-13)25-18(19)20)17(23)21-12-6-7-12/h4-5,8-9,12,18H,6-7H2,1-3H3,(H,21,23). The van der Waals surface area contributed by atoms with Crippen molar-refractivity contribution in [3.63, 3.8) is 0 Å². The van der Waals surface area contributed by atoms with E-state index in [4.69, 9.17) is 4.74 Å². The van der Waals surface area contributed by atoms with Crippen molar-refractivity contribution in [2.75, 3.05) is 7.11 Å². The molecule has 0 atom stereocenters.